The number of hydrogen-bond donors (Lipinski definition) is 0. The highest BCUT2D eigenvalue weighted by Crippen LogP contribution is 2.23. The molecule has 1 unspecified atom stereocenters. The van der Waals surface area contributed by atoms with Crippen molar-refractivity contribution in [1.82, 2.24) is 0 Å². The molecular formula is C16H22O3. The lowest BCUT2D eigenvalue weighted by atomic mass is 9.95. The lowest BCUT2D eigenvalue weighted by molar-refractivity contribution is -0.161. The fourth-order valence-corrected chi connectivity index (χ4v) is 1.95. The first-order chi connectivity index (χ1) is 9.19. The Hall–Kier alpha value is -1.64. The first kappa shape index (κ1) is 15.4. The lowest BCUT2D eigenvalue weighted by Crippen LogP contribution is -2.19. The van der Waals surface area contributed by atoms with Gasteiger partial charge in [0.15, 0.2) is 0 Å². The third kappa shape index (κ3) is 5.25. The van der Waals surface area contributed by atoms with Crippen LogP contribution in [0.3, 0.4) is 0 Å². The number of rotatable bonds is 7. The Morgan fingerprint density at radius 2 is 1.79 bits per heavy atom. The van der Waals surface area contributed by atoms with Gasteiger partial charge in [-0.05, 0) is 18.4 Å². The van der Waals surface area contributed by atoms with E-state index in [0.717, 1.165) is 24.8 Å². The molecule has 1 atom stereocenters. The zero-order valence-electron chi connectivity index (χ0n) is 11.7. The molecule has 104 valence electrons. The van der Waals surface area contributed by atoms with E-state index in [2.05, 4.69) is 0 Å². The van der Waals surface area contributed by atoms with Crippen LogP contribution in [0.4, 0.5) is 0 Å². The molecule has 0 bridgehead atoms. The smallest absolute Gasteiger partial charge is 0.321 e. The molecule has 0 aromatic heterocycles. The zero-order chi connectivity index (χ0) is 14.1. The second-order valence-electron chi connectivity index (χ2n) is 4.65. The Morgan fingerprint density at radius 1 is 1.11 bits per heavy atom. The largest absolute Gasteiger partial charge is 0.393 e. The van der Waals surface area contributed by atoms with Crippen molar-refractivity contribution in [3.05, 3.63) is 35.9 Å². The molecule has 0 saturated heterocycles. The highest BCUT2D eigenvalue weighted by Gasteiger charge is 2.23. The first-order valence-electron chi connectivity index (χ1n) is 6.98. The van der Waals surface area contributed by atoms with E-state index in [0.29, 0.717) is 12.8 Å². The fourth-order valence-electron chi connectivity index (χ4n) is 1.95. The normalized spacial score (nSPS) is 11.9. The summed E-state index contributed by atoms with van der Waals surface area (Å²) >= 11 is 0. The Labute approximate surface area is 115 Å². The minimum absolute atomic E-state index is 0.315. The van der Waals surface area contributed by atoms with E-state index in [1.54, 1.807) is 0 Å². The highest BCUT2D eigenvalue weighted by molar-refractivity contribution is 5.89. The third-order valence-corrected chi connectivity index (χ3v) is 3.01. The van der Waals surface area contributed by atoms with Crippen LogP contribution in [0.5, 0.6) is 0 Å². The van der Waals surface area contributed by atoms with Crippen molar-refractivity contribution in [3.63, 3.8) is 0 Å². The number of benzene rings is 1. The number of ether oxygens (including phenoxy) is 1. The van der Waals surface area contributed by atoms with Crippen LogP contribution in [-0.2, 0) is 14.3 Å². The molecule has 1 aromatic carbocycles. The second-order valence-corrected chi connectivity index (χ2v) is 4.65. The maximum atomic E-state index is 12.1. The van der Waals surface area contributed by atoms with Gasteiger partial charge in [-0.25, -0.2) is 0 Å². The lowest BCUT2D eigenvalue weighted by Gasteiger charge is -2.14. The van der Waals surface area contributed by atoms with Crippen molar-refractivity contribution >= 4 is 11.9 Å². The quantitative estimate of drug-likeness (QED) is 0.554. The van der Waals surface area contributed by atoms with Crippen LogP contribution in [0.2, 0.25) is 0 Å². The van der Waals surface area contributed by atoms with Crippen molar-refractivity contribution in [2.45, 2.75) is 51.9 Å². The summed E-state index contributed by atoms with van der Waals surface area (Å²) in [5, 5.41) is 0. The molecule has 0 aliphatic carbocycles. The number of hydrogen-bond acceptors (Lipinski definition) is 3. The predicted molar refractivity (Wildman–Crippen MR) is 74.7 cm³/mol. The maximum Gasteiger partial charge on any atom is 0.321 e. The van der Waals surface area contributed by atoms with Crippen LogP contribution < -0.4 is 0 Å². The molecule has 0 amide bonds. The van der Waals surface area contributed by atoms with E-state index in [1.807, 2.05) is 44.2 Å². The molecule has 0 aliphatic heterocycles. The average molecular weight is 262 g/mol. The van der Waals surface area contributed by atoms with Crippen LogP contribution >= 0.6 is 0 Å². The molecule has 0 radical (unpaired) electrons. The average Bonchev–Trinajstić information content (AvgIpc) is 2.43. The van der Waals surface area contributed by atoms with Crippen LogP contribution in [-0.4, -0.2) is 11.9 Å². The SMILES string of the molecule is CCCCC(=O)OC(=O)C(CCC)c1ccccc1. The molecule has 0 saturated carbocycles. The predicted octanol–water partition coefficient (Wildman–Crippen LogP) is 3.83. The van der Waals surface area contributed by atoms with E-state index >= 15 is 0 Å². The standard InChI is InChI=1S/C16H22O3/c1-3-5-12-15(17)19-16(18)14(9-4-2)13-10-7-6-8-11-13/h6-8,10-11,14H,3-5,9,12H2,1-2H3. The Morgan fingerprint density at radius 3 is 2.37 bits per heavy atom. The molecule has 0 spiro atoms. The van der Waals surface area contributed by atoms with Crippen LogP contribution in [0.1, 0.15) is 57.4 Å². The van der Waals surface area contributed by atoms with E-state index in [-0.39, 0.29) is 5.92 Å². The van der Waals surface area contributed by atoms with Crippen molar-refractivity contribution in [2.75, 3.05) is 0 Å². The van der Waals surface area contributed by atoms with Gasteiger partial charge in [0.1, 0.15) is 0 Å². The zero-order valence-corrected chi connectivity index (χ0v) is 11.7. The molecule has 0 heterocycles. The molecular weight excluding hydrogens is 240 g/mol. The van der Waals surface area contributed by atoms with Gasteiger partial charge < -0.3 is 4.74 Å². The minimum Gasteiger partial charge on any atom is -0.393 e. The number of esters is 2. The Kier molecular flexibility index (Phi) is 6.86. The number of unbranched alkanes of at least 4 members (excludes halogenated alkanes) is 1. The molecule has 0 N–H and O–H groups in total. The van der Waals surface area contributed by atoms with E-state index < -0.39 is 11.9 Å². The third-order valence-electron chi connectivity index (χ3n) is 3.01. The molecule has 0 aliphatic rings. The summed E-state index contributed by atoms with van der Waals surface area (Å²) in [5.74, 6) is -1.17. The van der Waals surface area contributed by atoms with Crippen LogP contribution in [0.25, 0.3) is 0 Å². The molecule has 1 aromatic rings. The summed E-state index contributed by atoms with van der Waals surface area (Å²) in [4.78, 5) is 23.6. The summed E-state index contributed by atoms with van der Waals surface area (Å²) < 4.78 is 4.94. The topological polar surface area (TPSA) is 43.4 Å². The monoisotopic (exact) mass is 262 g/mol. The van der Waals surface area contributed by atoms with E-state index in [9.17, 15) is 9.59 Å². The fraction of sp³-hybridized carbons (Fsp3) is 0.500. The summed E-state index contributed by atoms with van der Waals surface area (Å²) in [7, 11) is 0. The molecule has 3 heteroatoms. The van der Waals surface area contributed by atoms with Gasteiger partial charge in [0.05, 0.1) is 5.92 Å². The van der Waals surface area contributed by atoms with Gasteiger partial charge >= 0.3 is 11.9 Å². The maximum absolute atomic E-state index is 12.1. The number of carbonyl (C=O) groups excluding carboxylic acids is 2. The first-order valence-corrected chi connectivity index (χ1v) is 6.98. The summed E-state index contributed by atoms with van der Waals surface area (Å²) in [5.41, 5.74) is 0.914. The Bertz CT molecular complexity index is 398. The van der Waals surface area contributed by atoms with Gasteiger partial charge in [0.2, 0.25) is 0 Å². The van der Waals surface area contributed by atoms with Crippen molar-refractivity contribution in [2.24, 2.45) is 0 Å². The summed E-state index contributed by atoms with van der Waals surface area (Å²) in [6, 6.07) is 9.49. The van der Waals surface area contributed by atoms with Crippen molar-refractivity contribution < 1.29 is 14.3 Å². The molecule has 3 nitrogen and oxygen atoms in total. The Balaban J connectivity index is 2.66. The van der Waals surface area contributed by atoms with E-state index in [1.165, 1.54) is 0 Å². The highest BCUT2D eigenvalue weighted by atomic mass is 16.6. The van der Waals surface area contributed by atoms with E-state index in [4.69, 9.17) is 4.74 Å². The molecule has 0 fully saturated rings. The van der Waals surface area contributed by atoms with Crippen molar-refractivity contribution in [3.8, 4) is 0 Å². The summed E-state index contributed by atoms with van der Waals surface area (Å²) in [6.45, 7) is 4.01. The molecule has 1 rings (SSSR count). The van der Waals surface area contributed by atoms with Gasteiger partial charge in [-0.15, -0.1) is 0 Å². The van der Waals surface area contributed by atoms with Gasteiger partial charge in [-0.1, -0.05) is 57.0 Å². The van der Waals surface area contributed by atoms with Gasteiger partial charge in [-0.3, -0.25) is 9.59 Å². The minimum atomic E-state index is -0.422. The van der Waals surface area contributed by atoms with Crippen molar-refractivity contribution in [1.29, 1.82) is 0 Å². The van der Waals surface area contributed by atoms with Gasteiger partial charge in [0.25, 0.3) is 0 Å². The number of carbonyl (C=O) groups is 2. The van der Waals surface area contributed by atoms with Crippen LogP contribution in [0.15, 0.2) is 30.3 Å². The van der Waals surface area contributed by atoms with Crippen LogP contribution in [0, 0.1) is 0 Å². The molecule has 19 heavy (non-hydrogen) atoms. The van der Waals surface area contributed by atoms with Gasteiger partial charge in [0, 0.05) is 6.42 Å². The van der Waals surface area contributed by atoms with Gasteiger partial charge in [-0.2, -0.15) is 0 Å². The summed E-state index contributed by atoms with van der Waals surface area (Å²) in [6.07, 6.45) is 3.56. The second kappa shape index (κ2) is 8.46.